The van der Waals surface area contributed by atoms with E-state index in [1.165, 1.54) is 31.5 Å². The first kappa shape index (κ1) is 12.4. The lowest BCUT2D eigenvalue weighted by molar-refractivity contribution is 0.140. The van der Waals surface area contributed by atoms with Crippen LogP contribution in [0.1, 0.15) is 18.4 Å². The summed E-state index contributed by atoms with van der Waals surface area (Å²) in [6, 6.07) is 8.29. The van der Waals surface area contributed by atoms with Gasteiger partial charge in [0.05, 0.1) is 0 Å². The van der Waals surface area contributed by atoms with Crippen molar-refractivity contribution in [2.24, 2.45) is 0 Å². The molecule has 0 aliphatic carbocycles. The van der Waals surface area contributed by atoms with E-state index in [1.54, 1.807) is 12.1 Å². The molecule has 0 bridgehead atoms. The Kier molecular flexibility index (Phi) is 4.02. The van der Waals surface area contributed by atoms with E-state index in [4.69, 9.17) is 0 Å². The predicted molar refractivity (Wildman–Crippen MR) is 70.1 cm³/mol. The van der Waals surface area contributed by atoms with Gasteiger partial charge in [0, 0.05) is 12.6 Å². The molecule has 1 heterocycles. The van der Waals surface area contributed by atoms with Crippen LogP contribution in [-0.2, 0) is 6.54 Å². The Balaban J connectivity index is 1.84. The molecule has 0 aromatic heterocycles. The van der Waals surface area contributed by atoms with E-state index >= 15 is 0 Å². The first-order chi connectivity index (χ1) is 8.15. The molecule has 0 amide bonds. The van der Waals surface area contributed by atoms with Gasteiger partial charge in [0.15, 0.2) is 0 Å². The molecule has 1 aliphatic heterocycles. The van der Waals surface area contributed by atoms with Crippen molar-refractivity contribution in [3.63, 3.8) is 0 Å². The van der Waals surface area contributed by atoms with Crippen molar-refractivity contribution < 1.29 is 5.11 Å². The van der Waals surface area contributed by atoms with Gasteiger partial charge in [-0.15, -0.1) is 0 Å². The second-order valence-corrected chi connectivity index (χ2v) is 5.14. The molecule has 94 valence electrons. The molecule has 3 heteroatoms. The van der Waals surface area contributed by atoms with Crippen LogP contribution in [0.15, 0.2) is 24.3 Å². The Hall–Kier alpha value is -1.06. The number of likely N-dealkylation sites (tertiary alicyclic amines) is 1. The molecular formula is C14H22N2O. The molecule has 1 aromatic carbocycles. The van der Waals surface area contributed by atoms with Gasteiger partial charge in [0.1, 0.15) is 5.75 Å². The molecule has 17 heavy (non-hydrogen) atoms. The topological polar surface area (TPSA) is 26.7 Å². The second kappa shape index (κ2) is 5.52. The van der Waals surface area contributed by atoms with Crippen LogP contribution in [0.3, 0.4) is 0 Å². The summed E-state index contributed by atoms with van der Waals surface area (Å²) in [6.07, 6.45) is 2.51. The zero-order valence-electron chi connectivity index (χ0n) is 10.8. The highest BCUT2D eigenvalue weighted by Crippen LogP contribution is 2.17. The summed E-state index contributed by atoms with van der Waals surface area (Å²) in [7, 11) is 4.33. The van der Waals surface area contributed by atoms with E-state index in [2.05, 4.69) is 23.9 Å². The average Bonchev–Trinajstić information content (AvgIpc) is 2.33. The number of hydrogen-bond donors (Lipinski definition) is 1. The van der Waals surface area contributed by atoms with Crippen LogP contribution in [0.5, 0.6) is 5.75 Å². The van der Waals surface area contributed by atoms with E-state index in [0.29, 0.717) is 5.75 Å². The van der Waals surface area contributed by atoms with Gasteiger partial charge in [-0.2, -0.15) is 0 Å². The highest BCUT2D eigenvalue weighted by molar-refractivity contribution is 5.25. The molecule has 0 saturated carbocycles. The van der Waals surface area contributed by atoms with Crippen molar-refractivity contribution >= 4 is 0 Å². The molecule has 0 unspecified atom stereocenters. The smallest absolute Gasteiger partial charge is 0.115 e. The number of piperidine rings is 1. The third kappa shape index (κ3) is 3.45. The number of aromatic hydroxyl groups is 1. The first-order valence-corrected chi connectivity index (χ1v) is 6.32. The van der Waals surface area contributed by atoms with Crippen molar-refractivity contribution in [1.82, 2.24) is 9.80 Å². The van der Waals surface area contributed by atoms with Crippen molar-refractivity contribution in [3.8, 4) is 5.75 Å². The van der Waals surface area contributed by atoms with Crippen LogP contribution in [0.2, 0.25) is 0 Å². The number of phenolic OH excluding ortho intramolecular Hbond substituents is 1. The fraction of sp³-hybridized carbons (Fsp3) is 0.571. The predicted octanol–water partition coefficient (Wildman–Crippen LogP) is 1.92. The van der Waals surface area contributed by atoms with Gasteiger partial charge in [-0.25, -0.2) is 0 Å². The second-order valence-electron chi connectivity index (χ2n) is 5.14. The zero-order valence-corrected chi connectivity index (χ0v) is 10.8. The van der Waals surface area contributed by atoms with Crippen LogP contribution in [0, 0.1) is 0 Å². The third-order valence-corrected chi connectivity index (χ3v) is 3.63. The molecule has 2 rings (SSSR count). The molecule has 1 aliphatic rings. The molecule has 0 spiro atoms. The summed E-state index contributed by atoms with van der Waals surface area (Å²) in [5.41, 5.74) is 1.28. The van der Waals surface area contributed by atoms with Gasteiger partial charge < -0.3 is 10.0 Å². The minimum Gasteiger partial charge on any atom is -0.508 e. The van der Waals surface area contributed by atoms with Gasteiger partial charge in [0.2, 0.25) is 0 Å². The first-order valence-electron chi connectivity index (χ1n) is 6.32. The summed E-state index contributed by atoms with van der Waals surface area (Å²) in [5.74, 6) is 0.347. The fourth-order valence-electron chi connectivity index (χ4n) is 2.45. The third-order valence-electron chi connectivity index (χ3n) is 3.63. The Morgan fingerprint density at radius 2 is 1.76 bits per heavy atom. The van der Waals surface area contributed by atoms with Crippen molar-refractivity contribution in [2.45, 2.75) is 25.4 Å². The highest BCUT2D eigenvalue weighted by Gasteiger charge is 2.20. The lowest BCUT2D eigenvalue weighted by Gasteiger charge is -2.35. The monoisotopic (exact) mass is 234 g/mol. The van der Waals surface area contributed by atoms with Crippen LogP contribution in [-0.4, -0.2) is 48.1 Å². The quantitative estimate of drug-likeness (QED) is 0.865. The Morgan fingerprint density at radius 1 is 1.18 bits per heavy atom. The Morgan fingerprint density at radius 3 is 2.29 bits per heavy atom. The van der Waals surface area contributed by atoms with E-state index in [-0.39, 0.29) is 0 Å². The molecule has 1 aromatic rings. The summed E-state index contributed by atoms with van der Waals surface area (Å²) in [4.78, 5) is 4.82. The molecular weight excluding hydrogens is 212 g/mol. The van der Waals surface area contributed by atoms with Crippen molar-refractivity contribution in [3.05, 3.63) is 29.8 Å². The maximum Gasteiger partial charge on any atom is 0.115 e. The van der Waals surface area contributed by atoms with Crippen molar-refractivity contribution in [1.29, 1.82) is 0 Å². The van der Waals surface area contributed by atoms with Gasteiger partial charge in [-0.1, -0.05) is 12.1 Å². The summed E-state index contributed by atoms with van der Waals surface area (Å²) in [5, 5.41) is 9.24. The number of nitrogens with zero attached hydrogens (tertiary/aromatic N) is 2. The molecule has 0 radical (unpaired) electrons. The summed E-state index contributed by atoms with van der Waals surface area (Å²) >= 11 is 0. The Bertz CT molecular complexity index is 340. The van der Waals surface area contributed by atoms with E-state index < -0.39 is 0 Å². The SMILES string of the molecule is CN(C)C1CCN(Cc2ccc(O)cc2)CC1. The minimum absolute atomic E-state index is 0.347. The number of benzene rings is 1. The lowest BCUT2D eigenvalue weighted by atomic mass is 10.0. The summed E-state index contributed by atoms with van der Waals surface area (Å²) in [6.45, 7) is 3.34. The maximum atomic E-state index is 9.24. The van der Waals surface area contributed by atoms with E-state index in [0.717, 1.165) is 12.6 Å². The van der Waals surface area contributed by atoms with Crippen LogP contribution >= 0.6 is 0 Å². The molecule has 1 fully saturated rings. The molecule has 1 N–H and O–H groups in total. The molecule has 3 nitrogen and oxygen atoms in total. The fourth-order valence-corrected chi connectivity index (χ4v) is 2.45. The van der Waals surface area contributed by atoms with Crippen LogP contribution < -0.4 is 0 Å². The van der Waals surface area contributed by atoms with Gasteiger partial charge >= 0.3 is 0 Å². The van der Waals surface area contributed by atoms with Gasteiger partial charge in [0.25, 0.3) is 0 Å². The largest absolute Gasteiger partial charge is 0.508 e. The zero-order chi connectivity index (χ0) is 12.3. The standard InChI is InChI=1S/C14H22N2O/c1-15(2)13-7-9-16(10-8-13)11-12-3-5-14(17)6-4-12/h3-6,13,17H,7-11H2,1-2H3. The Labute approximate surface area is 104 Å². The number of rotatable bonds is 3. The average molecular weight is 234 g/mol. The van der Waals surface area contributed by atoms with Gasteiger partial charge in [-0.3, -0.25) is 4.90 Å². The maximum absolute atomic E-state index is 9.24. The van der Waals surface area contributed by atoms with Crippen LogP contribution in [0.4, 0.5) is 0 Å². The summed E-state index contributed by atoms with van der Waals surface area (Å²) < 4.78 is 0. The van der Waals surface area contributed by atoms with Crippen molar-refractivity contribution in [2.75, 3.05) is 27.2 Å². The number of phenols is 1. The normalized spacial score (nSPS) is 18.8. The van der Waals surface area contributed by atoms with Gasteiger partial charge in [-0.05, 0) is 57.7 Å². The minimum atomic E-state index is 0.347. The molecule has 1 saturated heterocycles. The van der Waals surface area contributed by atoms with E-state index in [9.17, 15) is 5.11 Å². The highest BCUT2D eigenvalue weighted by atomic mass is 16.3. The lowest BCUT2D eigenvalue weighted by Crippen LogP contribution is -2.41. The van der Waals surface area contributed by atoms with Crippen LogP contribution in [0.25, 0.3) is 0 Å². The molecule has 0 atom stereocenters. The van der Waals surface area contributed by atoms with E-state index in [1.807, 2.05) is 12.1 Å². The number of hydrogen-bond acceptors (Lipinski definition) is 3.